The van der Waals surface area contributed by atoms with Crippen molar-refractivity contribution in [3.05, 3.63) is 108 Å². The number of Topliss-reactive ketones (excluding diaryl/α,β-unsaturated/α-hetero) is 1. The van der Waals surface area contributed by atoms with Gasteiger partial charge in [-0.1, -0.05) is 91.0 Å². The van der Waals surface area contributed by atoms with Gasteiger partial charge in [-0.15, -0.1) is 0 Å². The number of ketones is 1. The second kappa shape index (κ2) is 11.3. The van der Waals surface area contributed by atoms with Gasteiger partial charge in [0.05, 0.1) is 26.4 Å². The number of carbonyl (C=O) groups excluding carboxylic acids is 1. The van der Waals surface area contributed by atoms with E-state index < -0.39 is 29.7 Å². The summed E-state index contributed by atoms with van der Waals surface area (Å²) < 4.78 is 31.8. The first-order valence-electron chi connectivity index (χ1n) is 12.8. The quantitative estimate of drug-likeness (QED) is 0.399. The summed E-state index contributed by atoms with van der Waals surface area (Å²) in [4.78, 5) is 13.6. The minimum Gasteiger partial charge on any atom is -0.368 e. The molecule has 1 heterocycles. The first kappa shape index (κ1) is 25.8. The largest absolute Gasteiger partial charge is 0.368 e. The number of carbonyl (C=O) groups is 1. The number of ether oxygens (including phenoxy) is 5. The molecule has 3 aromatic rings. The molecular weight excluding hydrogens is 468 g/mol. The first-order valence-corrected chi connectivity index (χ1v) is 12.8. The molecule has 0 N–H and O–H groups in total. The molecule has 194 valence electrons. The fourth-order valence-corrected chi connectivity index (χ4v) is 5.11. The van der Waals surface area contributed by atoms with Gasteiger partial charge in [0, 0.05) is 6.42 Å². The van der Waals surface area contributed by atoms with Gasteiger partial charge >= 0.3 is 0 Å². The van der Waals surface area contributed by atoms with Crippen molar-refractivity contribution < 1.29 is 28.5 Å². The smallest absolute Gasteiger partial charge is 0.167 e. The third-order valence-corrected chi connectivity index (χ3v) is 6.85. The highest BCUT2D eigenvalue weighted by atomic mass is 16.8. The average molecular weight is 503 g/mol. The molecule has 4 atom stereocenters. The summed E-state index contributed by atoms with van der Waals surface area (Å²) in [5.41, 5.74) is 2.04. The topological polar surface area (TPSA) is 63.2 Å². The predicted molar refractivity (Wildman–Crippen MR) is 139 cm³/mol. The molecule has 0 aromatic heterocycles. The van der Waals surface area contributed by atoms with Gasteiger partial charge in [-0.3, -0.25) is 4.79 Å². The van der Waals surface area contributed by atoms with E-state index in [9.17, 15) is 4.79 Å². The lowest BCUT2D eigenvalue weighted by atomic mass is 9.78. The molecule has 6 nitrogen and oxygen atoms in total. The highest BCUT2D eigenvalue weighted by molar-refractivity contribution is 5.86. The van der Waals surface area contributed by atoms with Gasteiger partial charge in [-0.05, 0) is 30.5 Å². The van der Waals surface area contributed by atoms with E-state index in [4.69, 9.17) is 23.7 Å². The van der Waals surface area contributed by atoms with E-state index in [0.717, 1.165) is 16.7 Å². The molecule has 1 saturated carbocycles. The standard InChI is InChI=1S/C31H34O6/c1-30(2)36-22-31(37-30)18-26(32)27(33-19-23-12-6-3-7-13-23)28(34-20-24-14-8-4-9-15-24)29(31)35-21-25-16-10-5-11-17-25/h3-17,27-29H,18-22H2,1-2H3/t27-,28+,29-,31-/m0/s1. The van der Waals surface area contributed by atoms with Gasteiger partial charge in [-0.25, -0.2) is 0 Å². The molecule has 2 fully saturated rings. The third-order valence-electron chi connectivity index (χ3n) is 6.85. The normalized spacial score (nSPS) is 27.0. The summed E-state index contributed by atoms with van der Waals surface area (Å²) in [6, 6.07) is 29.7. The summed E-state index contributed by atoms with van der Waals surface area (Å²) in [7, 11) is 0. The van der Waals surface area contributed by atoms with Gasteiger partial charge in [0.25, 0.3) is 0 Å². The second-order valence-corrected chi connectivity index (χ2v) is 10.2. The van der Waals surface area contributed by atoms with Crippen LogP contribution in [0.15, 0.2) is 91.0 Å². The molecule has 2 aliphatic rings. The van der Waals surface area contributed by atoms with E-state index in [1.54, 1.807) is 0 Å². The molecule has 0 radical (unpaired) electrons. The van der Waals surface area contributed by atoms with Crippen LogP contribution in [-0.2, 0) is 48.3 Å². The fraction of sp³-hybridized carbons (Fsp3) is 0.387. The molecule has 5 rings (SSSR count). The average Bonchev–Trinajstić information content (AvgIpc) is 3.22. The Morgan fingerprint density at radius 2 is 1.22 bits per heavy atom. The monoisotopic (exact) mass is 502 g/mol. The molecule has 37 heavy (non-hydrogen) atoms. The van der Waals surface area contributed by atoms with Gasteiger partial charge in [0.15, 0.2) is 11.6 Å². The Morgan fingerprint density at radius 1 is 0.730 bits per heavy atom. The molecule has 1 aliphatic heterocycles. The van der Waals surface area contributed by atoms with Crippen molar-refractivity contribution in [1.82, 2.24) is 0 Å². The summed E-state index contributed by atoms with van der Waals surface area (Å²) in [6.45, 7) is 4.92. The number of hydrogen-bond donors (Lipinski definition) is 0. The van der Waals surface area contributed by atoms with Crippen molar-refractivity contribution in [2.24, 2.45) is 0 Å². The van der Waals surface area contributed by atoms with Crippen molar-refractivity contribution in [1.29, 1.82) is 0 Å². The molecular formula is C31H34O6. The molecule has 0 unspecified atom stereocenters. The molecule has 1 saturated heterocycles. The van der Waals surface area contributed by atoms with Crippen LogP contribution in [0.25, 0.3) is 0 Å². The van der Waals surface area contributed by atoms with Crippen LogP contribution in [-0.4, -0.2) is 42.1 Å². The van der Waals surface area contributed by atoms with Gasteiger partial charge in [0.2, 0.25) is 0 Å². The minimum absolute atomic E-state index is 0.0742. The van der Waals surface area contributed by atoms with E-state index in [2.05, 4.69) is 0 Å². The van der Waals surface area contributed by atoms with Crippen molar-refractivity contribution in [3.63, 3.8) is 0 Å². The van der Waals surface area contributed by atoms with Crippen molar-refractivity contribution in [2.45, 2.75) is 69.8 Å². The van der Waals surface area contributed by atoms with E-state index in [1.165, 1.54) is 0 Å². The molecule has 1 aliphatic carbocycles. The van der Waals surface area contributed by atoms with E-state index >= 15 is 0 Å². The first-order chi connectivity index (χ1) is 17.9. The van der Waals surface area contributed by atoms with Crippen molar-refractivity contribution >= 4 is 5.78 Å². The zero-order valence-electron chi connectivity index (χ0n) is 21.4. The Balaban J connectivity index is 1.45. The Morgan fingerprint density at radius 3 is 1.70 bits per heavy atom. The van der Waals surface area contributed by atoms with E-state index in [0.29, 0.717) is 19.8 Å². The van der Waals surface area contributed by atoms with Crippen molar-refractivity contribution in [2.75, 3.05) is 6.61 Å². The Labute approximate surface area is 218 Å². The Bertz CT molecular complexity index is 1150. The third kappa shape index (κ3) is 6.17. The molecule has 0 amide bonds. The zero-order chi connectivity index (χ0) is 25.7. The summed E-state index contributed by atoms with van der Waals surface area (Å²) >= 11 is 0. The van der Waals surface area contributed by atoms with Gasteiger partial charge in [0.1, 0.15) is 23.9 Å². The van der Waals surface area contributed by atoms with Crippen LogP contribution in [0.1, 0.15) is 37.0 Å². The molecule has 1 spiro atoms. The Hall–Kier alpha value is -2.87. The van der Waals surface area contributed by atoms with Crippen molar-refractivity contribution in [3.8, 4) is 0 Å². The predicted octanol–water partition coefficient (Wildman–Crippen LogP) is 5.24. The summed E-state index contributed by atoms with van der Waals surface area (Å²) in [5.74, 6) is -0.911. The van der Waals surface area contributed by atoms with Crippen LogP contribution >= 0.6 is 0 Å². The highest BCUT2D eigenvalue weighted by Crippen LogP contribution is 2.44. The van der Waals surface area contributed by atoms with Gasteiger partial charge in [-0.2, -0.15) is 0 Å². The van der Waals surface area contributed by atoms with Crippen LogP contribution in [0.5, 0.6) is 0 Å². The van der Waals surface area contributed by atoms with Crippen LogP contribution in [0.3, 0.4) is 0 Å². The summed E-state index contributed by atoms with van der Waals surface area (Å²) in [5, 5.41) is 0. The Kier molecular flexibility index (Phi) is 7.84. The SMILES string of the molecule is CC1(C)OC[C@]2(CC(=O)[C@H](OCc3ccccc3)[C@@H](OCc3ccccc3)[C@@H]2OCc2ccccc2)O1. The maximum atomic E-state index is 13.6. The van der Waals surface area contributed by atoms with E-state index in [-0.39, 0.29) is 18.8 Å². The number of rotatable bonds is 9. The van der Waals surface area contributed by atoms with Crippen LogP contribution in [0, 0.1) is 0 Å². The summed E-state index contributed by atoms with van der Waals surface area (Å²) in [6.07, 6.45) is -1.95. The number of hydrogen-bond acceptors (Lipinski definition) is 6. The lowest BCUT2D eigenvalue weighted by molar-refractivity contribution is -0.249. The number of benzene rings is 3. The van der Waals surface area contributed by atoms with Crippen LogP contribution < -0.4 is 0 Å². The highest BCUT2D eigenvalue weighted by Gasteiger charge is 2.61. The maximum absolute atomic E-state index is 13.6. The van der Waals surface area contributed by atoms with Crippen LogP contribution in [0.2, 0.25) is 0 Å². The molecule has 3 aromatic carbocycles. The molecule has 6 heteroatoms. The molecule has 0 bridgehead atoms. The minimum atomic E-state index is -0.969. The van der Waals surface area contributed by atoms with Gasteiger partial charge < -0.3 is 23.7 Å². The zero-order valence-corrected chi connectivity index (χ0v) is 21.4. The van der Waals surface area contributed by atoms with E-state index in [1.807, 2.05) is 105 Å². The fourth-order valence-electron chi connectivity index (χ4n) is 5.11. The lowest BCUT2D eigenvalue weighted by Gasteiger charge is -2.46. The van der Waals surface area contributed by atoms with Crippen LogP contribution in [0.4, 0.5) is 0 Å². The maximum Gasteiger partial charge on any atom is 0.167 e. The lowest BCUT2D eigenvalue weighted by Crippen LogP contribution is -2.65. The second-order valence-electron chi connectivity index (χ2n) is 10.2.